The standard InChI is InChI=1S/C26H24FN3O3/c1-18-24(16-17-25(31)28-20-6-4-3-5-7-20)26(33-23-14-12-22(32-2)13-15-23)30(29-18)21-10-8-19(27)9-11-21/h3-15H,16-17H2,1-2H3,(H,28,31). The first-order valence-electron chi connectivity index (χ1n) is 10.5. The number of carbonyl (C=O) groups is 1. The summed E-state index contributed by atoms with van der Waals surface area (Å²) in [4.78, 5) is 12.5. The Bertz CT molecular complexity index is 1220. The van der Waals surface area contributed by atoms with Gasteiger partial charge >= 0.3 is 0 Å². The molecule has 4 rings (SSSR count). The van der Waals surface area contributed by atoms with Gasteiger partial charge in [-0.1, -0.05) is 18.2 Å². The molecule has 0 atom stereocenters. The van der Waals surface area contributed by atoms with Crippen molar-refractivity contribution < 1.29 is 18.7 Å². The lowest BCUT2D eigenvalue weighted by molar-refractivity contribution is -0.116. The van der Waals surface area contributed by atoms with Crippen molar-refractivity contribution in [1.82, 2.24) is 9.78 Å². The van der Waals surface area contributed by atoms with Crippen molar-refractivity contribution in [3.05, 3.63) is 95.9 Å². The van der Waals surface area contributed by atoms with E-state index in [1.165, 1.54) is 12.1 Å². The average Bonchev–Trinajstić information content (AvgIpc) is 3.14. The van der Waals surface area contributed by atoms with Gasteiger partial charge in [-0.15, -0.1) is 0 Å². The Morgan fingerprint density at radius 3 is 2.30 bits per heavy atom. The molecule has 0 aliphatic carbocycles. The molecule has 0 aliphatic heterocycles. The molecule has 1 amide bonds. The van der Waals surface area contributed by atoms with Crippen LogP contribution in [0, 0.1) is 12.7 Å². The van der Waals surface area contributed by atoms with Crippen LogP contribution < -0.4 is 14.8 Å². The number of hydrogen-bond acceptors (Lipinski definition) is 4. The van der Waals surface area contributed by atoms with Crippen LogP contribution >= 0.6 is 0 Å². The second kappa shape index (κ2) is 9.99. The van der Waals surface area contributed by atoms with Crippen LogP contribution in [0.2, 0.25) is 0 Å². The number of aromatic nitrogens is 2. The molecule has 7 heteroatoms. The Labute approximate surface area is 191 Å². The van der Waals surface area contributed by atoms with Crippen LogP contribution in [0.4, 0.5) is 10.1 Å². The van der Waals surface area contributed by atoms with E-state index >= 15 is 0 Å². The molecule has 1 aromatic heterocycles. The van der Waals surface area contributed by atoms with Crippen molar-refractivity contribution in [3.63, 3.8) is 0 Å². The summed E-state index contributed by atoms with van der Waals surface area (Å²) in [6, 6.07) is 22.5. The third-order valence-corrected chi connectivity index (χ3v) is 5.14. The lowest BCUT2D eigenvalue weighted by Crippen LogP contribution is -2.12. The third kappa shape index (κ3) is 5.38. The highest BCUT2D eigenvalue weighted by Crippen LogP contribution is 2.32. The number of halogens is 1. The first kappa shape index (κ1) is 22.1. The zero-order valence-corrected chi connectivity index (χ0v) is 18.4. The molecule has 0 fully saturated rings. The van der Waals surface area contributed by atoms with Gasteiger partial charge in [0.1, 0.15) is 17.3 Å². The van der Waals surface area contributed by atoms with Gasteiger partial charge < -0.3 is 14.8 Å². The molecular weight excluding hydrogens is 421 g/mol. The summed E-state index contributed by atoms with van der Waals surface area (Å²) in [7, 11) is 1.60. The fourth-order valence-corrected chi connectivity index (χ4v) is 3.43. The van der Waals surface area contributed by atoms with Crippen LogP contribution in [-0.2, 0) is 11.2 Å². The molecular formula is C26H24FN3O3. The predicted octanol–water partition coefficient (Wildman–Crippen LogP) is 5.69. The molecule has 0 saturated heterocycles. The SMILES string of the molecule is COc1ccc(Oc2c(CCC(=O)Nc3ccccc3)c(C)nn2-c2ccc(F)cc2)cc1. The quantitative estimate of drug-likeness (QED) is 0.378. The summed E-state index contributed by atoms with van der Waals surface area (Å²) in [6.07, 6.45) is 0.682. The summed E-state index contributed by atoms with van der Waals surface area (Å²) < 4.78 is 26.5. The lowest BCUT2D eigenvalue weighted by Gasteiger charge is -2.12. The van der Waals surface area contributed by atoms with Gasteiger partial charge in [0, 0.05) is 17.7 Å². The topological polar surface area (TPSA) is 65.4 Å². The third-order valence-electron chi connectivity index (χ3n) is 5.14. The minimum Gasteiger partial charge on any atom is -0.497 e. The maximum absolute atomic E-state index is 13.5. The number of benzene rings is 3. The van der Waals surface area contributed by atoms with Crippen LogP contribution in [0.5, 0.6) is 17.4 Å². The molecule has 6 nitrogen and oxygen atoms in total. The summed E-state index contributed by atoms with van der Waals surface area (Å²) in [5.74, 6) is 1.35. The minimum absolute atomic E-state index is 0.106. The second-order valence-corrected chi connectivity index (χ2v) is 7.45. The second-order valence-electron chi connectivity index (χ2n) is 7.45. The van der Waals surface area contributed by atoms with Crippen molar-refractivity contribution in [2.45, 2.75) is 19.8 Å². The summed E-state index contributed by atoms with van der Waals surface area (Å²) >= 11 is 0. The number of nitrogens with one attached hydrogen (secondary N) is 1. The number of carbonyl (C=O) groups excluding carboxylic acids is 1. The largest absolute Gasteiger partial charge is 0.497 e. The van der Waals surface area contributed by atoms with Crippen LogP contribution in [0.15, 0.2) is 78.9 Å². The molecule has 0 unspecified atom stereocenters. The normalized spacial score (nSPS) is 10.6. The molecule has 1 heterocycles. The van der Waals surface area contributed by atoms with Crippen molar-refractivity contribution in [1.29, 1.82) is 0 Å². The maximum atomic E-state index is 13.5. The van der Waals surface area contributed by atoms with Gasteiger partial charge in [-0.3, -0.25) is 4.79 Å². The Morgan fingerprint density at radius 2 is 1.64 bits per heavy atom. The number of ether oxygens (including phenoxy) is 2. The first-order valence-corrected chi connectivity index (χ1v) is 10.5. The van der Waals surface area contributed by atoms with Crippen LogP contribution in [0.1, 0.15) is 17.7 Å². The van der Waals surface area contributed by atoms with E-state index in [2.05, 4.69) is 10.4 Å². The van der Waals surface area contributed by atoms with Gasteiger partial charge in [-0.2, -0.15) is 5.10 Å². The number of nitrogens with zero attached hydrogens (tertiary/aromatic N) is 2. The molecule has 0 spiro atoms. The highest BCUT2D eigenvalue weighted by atomic mass is 19.1. The average molecular weight is 445 g/mol. The van der Waals surface area contributed by atoms with E-state index in [0.717, 1.165) is 16.9 Å². The van der Waals surface area contributed by atoms with E-state index in [4.69, 9.17) is 9.47 Å². The van der Waals surface area contributed by atoms with E-state index in [-0.39, 0.29) is 18.1 Å². The van der Waals surface area contributed by atoms with Crippen molar-refractivity contribution >= 4 is 11.6 Å². The fraction of sp³-hybridized carbons (Fsp3) is 0.154. The molecule has 0 radical (unpaired) electrons. The number of methoxy groups -OCH3 is 1. The number of para-hydroxylation sites is 1. The maximum Gasteiger partial charge on any atom is 0.226 e. The predicted molar refractivity (Wildman–Crippen MR) is 125 cm³/mol. The Morgan fingerprint density at radius 1 is 0.970 bits per heavy atom. The first-order chi connectivity index (χ1) is 16.0. The van der Waals surface area contributed by atoms with Gasteiger partial charge in [0.15, 0.2) is 0 Å². The van der Waals surface area contributed by atoms with Gasteiger partial charge in [0.25, 0.3) is 0 Å². The van der Waals surface area contributed by atoms with E-state index in [1.54, 1.807) is 48.2 Å². The van der Waals surface area contributed by atoms with Crippen molar-refractivity contribution in [3.8, 4) is 23.1 Å². The van der Waals surface area contributed by atoms with Gasteiger partial charge in [-0.25, -0.2) is 9.07 Å². The highest BCUT2D eigenvalue weighted by molar-refractivity contribution is 5.90. The van der Waals surface area contributed by atoms with Gasteiger partial charge in [0.05, 0.1) is 18.5 Å². The molecule has 0 saturated carbocycles. The number of rotatable bonds is 8. The zero-order valence-electron chi connectivity index (χ0n) is 18.4. The monoisotopic (exact) mass is 445 g/mol. The zero-order chi connectivity index (χ0) is 23.2. The Kier molecular flexibility index (Phi) is 6.69. The van der Waals surface area contributed by atoms with Crippen molar-refractivity contribution in [2.75, 3.05) is 12.4 Å². The molecule has 0 bridgehead atoms. The number of aryl methyl sites for hydroxylation is 1. The van der Waals surface area contributed by atoms with E-state index in [9.17, 15) is 9.18 Å². The van der Waals surface area contributed by atoms with E-state index < -0.39 is 0 Å². The Balaban J connectivity index is 1.61. The van der Waals surface area contributed by atoms with E-state index in [1.807, 2.05) is 37.3 Å². The summed E-state index contributed by atoms with van der Waals surface area (Å²) in [5, 5.41) is 7.51. The number of anilines is 1. The summed E-state index contributed by atoms with van der Waals surface area (Å²) in [5.41, 5.74) is 2.94. The van der Waals surface area contributed by atoms with Gasteiger partial charge in [0.2, 0.25) is 11.8 Å². The molecule has 4 aromatic rings. The fourth-order valence-electron chi connectivity index (χ4n) is 3.43. The smallest absolute Gasteiger partial charge is 0.226 e. The minimum atomic E-state index is -0.335. The Hall–Kier alpha value is -4.13. The lowest BCUT2D eigenvalue weighted by atomic mass is 10.1. The van der Waals surface area contributed by atoms with Crippen LogP contribution in [-0.4, -0.2) is 22.8 Å². The highest BCUT2D eigenvalue weighted by Gasteiger charge is 2.20. The molecule has 3 aromatic carbocycles. The van der Waals surface area contributed by atoms with Crippen molar-refractivity contribution in [2.24, 2.45) is 0 Å². The summed E-state index contributed by atoms with van der Waals surface area (Å²) in [6.45, 7) is 1.87. The molecule has 1 N–H and O–H groups in total. The van der Waals surface area contributed by atoms with Gasteiger partial charge in [-0.05, 0) is 74.0 Å². The number of amides is 1. The molecule has 168 valence electrons. The van der Waals surface area contributed by atoms with Crippen LogP contribution in [0.25, 0.3) is 5.69 Å². The van der Waals surface area contributed by atoms with Crippen LogP contribution in [0.3, 0.4) is 0 Å². The molecule has 0 aliphatic rings. The van der Waals surface area contributed by atoms with E-state index in [0.29, 0.717) is 29.5 Å². The molecule has 33 heavy (non-hydrogen) atoms. The number of hydrogen-bond donors (Lipinski definition) is 1.